The van der Waals surface area contributed by atoms with Crippen LogP contribution in [0.25, 0.3) is 11.0 Å². The first kappa shape index (κ1) is 25.6. The quantitative estimate of drug-likeness (QED) is 0.341. The van der Waals surface area contributed by atoms with Crippen LogP contribution in [0.5, 0.6) is 0 Å². The minimum absolute atomic E-state index is 0.485. The Morgan fingerprint density at radius 2 is 1.97 bits per heavy atom. The predicted molar refractivity (Wildman–Crippen MR) is 158 cm³/mol. The molecular formula is C29H35N7O2S. The second kappa shape index (κ2) is 10.2. The number of fused-ring (bicyclic) bond motifs is 1. The predicted octanol–water partition coefficient (Wildman–Crippen LogP) is 4.29. The van der Waals surface area contributed by atoms with Crippen LogP contribution in [0.3, 0.4) is 0 Å². The number of nitrogens with zero attached hydrogens (tertiary/aromatic N) is 5. The largest absolute Gasteiger partial charge is 0.368 e. The lowest BCUT2D eigenvalue weighted by Crippen LogP contribution is -2.49. The molecule has 10 heteroatoms. The molecule has 1 atom stereocenters. The Bertz CT molecular complexity index is 1610. The molecule has 1 unspecified atom stereocenters. The number of hydrogen-bond donors (Lipinski definition) is 2. The summed E-state index contributed by atoms with van der Waals surface area (Å²) in [4.78, 5) is 11.9. The molecule has 2 aliphatic rings. The van der Waals surface area contributed by atoms with Gasteiger partial charge < -0.3 is 20.1 Å². The van der Waals surface area contributed by atoms with Gasteiger partial charge in [-0.3, -0.25) is 4.31 Å². The lowest BCUT2D eigenvalue weighted by molar-refractivity contribution is 0.484. The lowest BCUT2D eigenvalue weighted by Gasteiger charge is -2.35. The van der Waals surface area contributed by atoms with E-state index >= 15 is 0 Å². The molecule has 1 saturated heterocycles. The van der Waals surface area contributed by atoms with E-state index in [1.165, 1.54) is 34.7 Å². The molecule has 3 heterocycles. The van der Waals surface area contributed by atoms with E-state index < -0.39 is 10.0 Å². The van der Waals surface area contributed by atoms with Crippen LogP contribution in [-0.2, 0) is 16.6 Å². The molecule has 2 fully saturated rings. The molecule has 0 spiro atoms. The van der Waals surface area contributed by atoms with Gasteiger partial charge in [-0.05, 0) is 67.1 Å². The van der Waals surface area contributed by atoms with Crippen molar-refractivity contribution in [3.05, 3.63) is 72.1 Å². The van der Waals surface area contributed by atoms with Crippen molar-refractivity contribution in [1.29, 1.82) is 0 Å². The summed E-state index contributed by atoms with van der Waals surface area (Å²) in [5.41, 5.74) is 6.08. The third kappa shape index (κ3) is 5.44. The van der Waals surface area contributed by atoms with Crippen LogP contribution in [0.15, 0.2) is 60.9 Å². The number of benzene rings is 2. The Balaban J connectivity index is 1.27. The molecule has 1 saturated carbocycles. The zero-order valence-electron chi connectivity index (χ0n) is 22.6. The summed E-state index contributed by atoms with van der Waals surface area (Å²) in [6.45, 7) is 5.78. The summed E-state index contributed by atoms with van der Waals surface area (Å²) in [6, 6.07) is 16.6. The average Bonchev–Trinajstić information content (AvgIpc) is 3.70. The van der Waals surface area contributed by atoms with Crippen molar-refractivity contribution in [2.24, 2.45) is 0 Å². The van der Waals surface area contributed by atoms with Gasteiger partial charge in [-0.15, -0.1) is 0 Å². The summed E-state index contributed by atoms with van der Waals surface area (Å²) in [6.07, 6.45) is 7.49. The van der Waals surface area contributed by atoms with Gasteiger partial charge in [-0.2, -0.15) is 4.98 Å². The average molecular weight is 546 g/mol. The van der Waals surface area contributed by atoms with Gasteiger partial charge in [0, 0.05) is 61.9 Å². The molecule has 1 aliphatic heterocycles. The Morgan fingerprint density at radius 3 is 2.74 bits per heavy atom. The van der Waals surface area contributed by atoms with Gasteiger partial charge >= 0.3 is 0 Å². The van der Waals surface area contributed by atoms with Gasteiger partial charge in [-0.25, -0.2) is 13.4 Å². The van der Waals surface area contributed by atoms with Gasteiger partial charge in [0.1, 0.15) is 5.65 Å². The van der Waals surface area contributed by atoms with Crippen molar-refractivity contribution in [1.82, 2.24) is 19.9 Å². The number of sulfonamides is 1. The Hall–Kier alpha value is -3.63. The summed E-state index contributed by atoms with van der Waals surface area (Å²) in [7, 11) is -1.80. The zero-order valence-corrected chi connectivity index (χ0v) is 23.4. The monoisotopic (exact) mass is 545 g/mol. The highest BCUT2D eigenvalue weighted by Crippen LogP contribution is 2.45. The van der Waals surface area contributed by atoms with E-state index in [0.29, 0.717) is 30.1 Å². The van der Waals surface area contributed by atoms with Crippen LogP contribution in [0.4, 0.5) is 23.0 Å². The van der Waals surface area contributed by atoms with Gasteiger partial charge in [0.2, 0.25) is 16.0 Å². The molecule has 0 bridgehead atoms. The first-order valence-corrected chi connectivity index (χ1v) is 15.3. The highest BCUT2D eigenvalue weighted by molar-refractivity contribution is 7.92. The molecule has 4 aromatic rings. The molecule has 0 radical (unpaired) electrons. The van der Waals surface area contributed by atoms with E-state index in [4.69, 9.17) is 4.98 Å². The van der Waals surface area contributed by atoms with Crippen molar-refractivity contribution < 1.29 is 8.42 Å². The normalized spacial score (nSPS) is 17.9. The van der Waals surface area contributed by atoms with E-state index in [1.54, 1.807) is 7.05 Å². The van der Waals surface area contributed by atoms with Gasteiger partial charge in [0.25, 0.3) is 0 Å². The minimum atomic E-state index is -3.38. The van der Waals surface area contributed by atoms with Crippen LogP contribution in [-0.4, -0.2) is 61.9 Å². The van der Waals surface area contributed by atoms with Crippen LogP contribution in [0.2, 0.25) is 0 Å². The summed E-state index contributed by atoms with van der Waals surface area (Å²) in [5, 5.41) is 7.90. The highest BCUT2D eigenvalue weighted by Gasteiger charge is 2.29. The summed E-state index contributed by atoms with van der Waals surface area (Å²) < 4.78 is 27.7. The van der Waals surface area contributed by atoms with Crippen LogP contribution >= 0.6 is 0 Å². The molecule has 6 rings (SSSR count). The molecule has 39 heavy (non-hydrogen) atoms. The third-order valence-corrected chi connectivity index (χ3v) is 8.87. The zero-order chi connectivity index (χ0) is 27.1. The number of piperazine rings is 1. The summed E-state index contributed by atoms with van der Waals surface area (Å²) >= 11 is 0. The van der Waals surface area contributed by atoms with E-state index in [2.05, 4.69) is 45.6 Å². The van der Waals surface area contributed by atoms with E-state index in [-0.39, 0.29) is 0 Å². The Labute approximate surface area is 229 Å². The van der Waals surface area contributed by atoms with E-state index in [1.807, 2.05) is 47.3 Å². The van der Waals surface area contributed by atoms with Crippen LogP contribution < -0.4 is 19.8 Å². The molecule has 2 aromatic heterocycles. The number of anilines is 4. The van der Waals surface area contributed by atoms with Crippen molar-refractivity contribution in [3.63, 3.8) is 0 Å². The van der Waals surface area contributed by atoms with Gasteiger partial charge in [0.15, 0.2) is 0 Å². The van der Waals surface area contributed by atoms with Crippen LogP contribution in [0, 0.1) is 0 Å². The van der Waals surface area contributed by atoms with Gasteiger partial charge in [-0.1, -0.05) is 18.2 Å². The molecule has 2 N–H and O–H groups in total. The maximum atomic E-state index is 12.2. The number of nitrogens with one attached hydrogen (secondary N) is 2. The third-order valence-electron chi connectivity index (χ3n) is 7.68. The summed E-state index contributed by atoms with van der Waals surface area (Å²) in [5.74, 6) is 1.16. The number of rotatable bonds is 8. The van der Waals surface area contributed by atoms with Crippen molar-refractivity contribution in [2.45, 2.75) is 38.3 Å². The highest BCUT2D eigenvalue weighted by atomic mass is 32.2. The van der Waals surface area contributed by atoms with Crippen molar-refractivity contribution in [2.75, 3.05) is 47.5 Å². The number of hydrogen-bond acceptors (Lipinski definition) is 7. The fraction of sp³-hybridized carbons (Fsp3) is 0.379. The fourth-order valence-corrected chi connectivity index (χ4v) is 5.93. The first-order chi connectivity index (χ1) is 18.8. The van der Waals surface area contributed by atoms with Gasteiger partial charge in [0.05, 0.1) is 18.5 Å². The number of para-hydroxylation sites is 1. The maximum absolute atomic E-state index is 12.2. The van der Waals surface area contributed by atoms with Crippen LogP contribution in [0.1, 0.15) is 36.8 Å². The fourth-order valence-electron chi connectivity index (χ4n) is 5.39. The minimum Gasteiger partial charge on any atom is -0.368 e. The van der Waals surface area contributed by atoms with Crippen molar-refractivity contribution in [3.8, 4) is 0 Å². The van der Waals surface area contributed by atoms with E-state index in [9.17, 15) is 8.42 Å². The number of aromatic nitrogens is 3. The SMILES string of the molecule is CC1CN(c2ccc(Nc3ncc4ccn(Cc5ccccc5N(C)S(C)(=O)=O)c4n3)cc2C2CC2)CCN1. The standard InChI is InChI=1S/C29H35N7O2S/c1-20-18-35(15-13-30-20)27-11-10-24(16-25(27)21-8-9-21)32-29-31-17-22-12-14-36(28(22)33-29)19-23-6-4-5-7-26(23)34(2)39(3,37)38/h4-7,10-12,14,16-17,20-21,30H,8-9,13,15,18-19H2,1-3H3,(H,31,32,33). The topological polar surface area (TPSA) is 95.4 Å². The second-order valence-corrected chi connectivity index (χ2v) is 12.8. The second-order valence-electron chi connectivity index (χ2n) is 10.7. The molecule has 1 aliphatic carbocycles. The molecule has 0 amide bonds. The Kier molecular flexibility index (Phi) is 6.68. The molecule has 204 valence electrons. The smallest absolute Gasteiger partial charge is 0.232 e. The first-order valence-electron chi connectivity index (χ1n) is 13.5. The Morgan fingerprint density at radius 1 is 1.15 bits per heavy atom. The van der Waals surface area contributed by atoms with E-state index in [0.717, 1.165) is 41.9 Å². The lowest BCUT2D eigenvalue weighted by atomic mass is 10.0. The van der Waals surface area contributed by atoms with Crippen molar-refractivity contribution >= 4 is 44.1 Å². The maximum Gasteiger partial charge on any atom is 0.232 e. The molecular weight excluding hydrogens is 510 g/mol. The molecule has 9 nitrogen and oxygen atoms in total. The molecule has 2 aromatic carbocycles.